The standard InChI is InChI=1S/C25H29F3/c1-3-4-5-20-14-19-10-11-21(24(27)22(19)25(28)23(20)26)18-9-8-16-12-15(2)6-7-17(16)13-18/h3,10-11,14-18H,1,4-9,12-13H2,2H3/t15?,16-,17?,18-/m1/s1. The summed E-state index contributed by atoms with van der Waals surface area (Å²) in [6.07, 6.45) is 9.39. The van der Waals surface area contributed by atoms with E-state index in [1.165, 1.54) is 19.3 Å². The third kappa shape index (κ3) is 3.49. The van der Waals surface area contributed by atoms with E-state index in [1.807, 2.05) is 6.07 Å². The molecule has 2 fully saturated rings. The molecule has 0 N–H and O–H groups in total. The predicted octanol–water partition coefficient (Wildman–Crippen LogP) is 7.70. The van der Waals surface area contributed by atoms with Gasteiger partial charge in [-0.1, -0.05) is 31.6 Å². The van der Waals surface area contributed by atoms with E-state index in [4.69, 9.17) is 0 Å². The van der Waals surface area contributed by atoms with E-state index in [9.17, 15) is 8.78 Å². The first-order valence-electron chi connectivity index (χ1n) is 10.7. The van der Waals surface area contributed by atoms with Crippen molar-refractivity contribution in [2.75, 3.05) is 0 Å². The lowest BCUT2D eigenvalue weighted by molar-refractivity contribution is 0.124. The molecule has 0 nitrogen and oxygen atoms in total. The molecule has 0 amide bonds. The van der Waals surface area contributed by atoms with Gasteiger partial charge in [-0.25, -0.2) is 13.2 Å². The molecule has 2 unspecified atom stereocenters. The van der Waals surface area contributed by atoms with Crippen LogP contribution < -0.4 is 0 Å². The highest BCUT2D eigenvalue weighted by Gasteiger charge is 2.36. The van der Waals surface area contributed by atoms with Gasteiger partial charge in [-0.05, 0) is 91.2 Å². The monoisotopic (exact) mass is 386 g/mol. The second-order valence-electron chi connectivity index (χ2n) is 9.01. The summed E-state index contributed by atoms with van der Waals surface area (Å²) >= 11 is 0. The van der Waals surface area contributed by atoms with Gasteiger partial charge in [0.2, 0.25) is 0 Å². The van der Waals surface area contributed by atoms with Gasteiger partial charge in [-0.3, -0.25) is 0 Å². The van der Waals surface area contributed by atoms with Crippen LogP contribution >= 0.6 is 0 Å². The van der Waals surface area contributed by atoms with Crippen molar-refractivity contribution < 1.29 is 13.2 Å². The summed E-state index contributed by atoms with van der Waals surface area (Å²) in [6, 6.07) is 5.16. The number of hydrogen-bond acceptors (Lipinski definition) is 0. The Hall–Kier alpha value is -1.77. The number of rotatable bonds is 4. The first-order chi connectivity index (χ1) is 13.5. The molecule has 4 rings (SSSR count). The summed E-state index contributed by atoms with van der Waals surface area (Å²) in [5.74, 6) is -0.217. The Labute approximate surface area is 165 Å². The minimum atomic E-state index is -1.05. The summed E-state index contributed by atoms with van der Waals surface area (Å²) in [7, 11) is 0. The van der Waals surface area contributed by atoms with E-state index >= 15 is 4.39 Å². The number of aryl methyl sites for hydroxylation is 1. The fraction of sp³-hybridized carbons (Fsp3) is 0.520. The Bertz CT molecular complexity index is 885. The van der Waals surface area contributed by atoms with Crippen molar-refractivity contribution in [1.82, 2.24) is 0 Å². The zero-order valence-corrected chi connectivity index (χ0v) is 16.6. The van der Waals surface area contributed by atoms with E-state index < -0.39 is 17.5 Å². The van der Waals surface area contributed by atoms with E-state index in [0.29, 0.717) is 29.7 Å². The molecule has 2 saturated carbocycles. The van der Waals surface area contributed by atoms with Crippen molar-refractivity contribution >= 4 is 10.8 Å². The third-order valence-corrected chi connectivity index (χ3v) is 7.16. The largest absolute Gasteiger partial charge is 0.206 e. The topological polar surface area (TPSA) is 0 Å². The minimum Gasteiger partial charge on any atom is -0.206 e. The van der Waals surface area contributed by atoms with Gasteiger partial charge in [0, 0.05) is 0 Å². The van der Waals surface area contributed by atoms with E-state index in [1.54, 1.807) is 18.2 Å². The summed E-state index contributed by atoms with van der Waals surface area (Å²) in [6.45, 7) is 5.95. The molecule has 2 aliphatic rings. The molecule has 2 aromatic carbocycles. The minimum absolute atomic E-state index is 0.113. The van der Waals surface area contributed by atoms with Crippen LogP contribution in [0.15, 0.2) is 30.9 Å². The molecule has 3 heteroatoms. The molecule has 0 aromatic heterocycles. The van der Waals surface area contributed by atoms with Crippen LogP contribution in [0.5, 0.6) is 0 Å². The molecule has 0 radical (unpaired) electrons. The van der Waals surface area contributed by atoms with Gasteiger partial charge in [-0.15, -0.1) is 6.58 Å². The van der Waals surface area contributed by atoms with Crippen molar-refractivity contribution in [2.24, 2.45) is 17.8 Å². The zero-order chi connectivity index (χ0) is 19.8. The van der Waals surface area contributed by atoms with Crippen LogP contribution in [0, 0.1) is 35.2 Å². The molecule has 4 atom stereocenters. The van der Waals surface area contributed by atoms with Gasteiger partial charge in [-0.2, -0.15) is 0 Å². The van der Waals surface area contributed by atoms with Crippen molar-refractivity contribution in [2.45, 2.75) is 64.2 Å². The van der Waals surface area contributed by atoms with Crippen LogP contribution in [-0.2, 0) is 6.42 Å². The van der Waals surface area contributed by atoms with Crippen LogP contribution in [0.3, 0.4) is 0 Å². The Morgan fingerprint density at radius 1 is 0.964 bits per heavy atom. The summed E-state index contributed by atoms with van der Waals surface area (Å²) in [4.78, 5) is 0. The molecule has 0 heterocycles. The van der Waals surface area contributed by atoms with E-state index in [2.05, 4.69) is 13.5 Å². The number of fused-ring (bicyclic) bond motifs is 2. The Morgan fingerprint density at radius 2 is 1.71 bits per heavy atom. The summed E-state index contributed by atoms with van der Waals surface area (Å²) in [5, 5.41) is 0.260. The Balaban J connectivity index is 1.66. The van der Waals surface area contributed by atoms with Gasteiger partial charge in [0.15, 0.2) is 11.6 Å². The van der Waals surface area contributed by atoms with Crippen LogP contribution in [0.4, 0.5) is 13.2 Å². The van der Waals surface area contributed by atoms with Crippen molar-refractivity contribution in [3.05, 3.63) is 59.4 Å². The van der Waals surface area contributed by atoms with Gasteiger partial charge < -0.3 is 0 Å². The van der Waals surface area contributed by atoms with Crippen molar-refractivity contribution in [3.63, 3.8) is 0 Å². The maximum atomic E-state index is 15.3. The molecule has 28 heavy (non-hydrogen) atoms. The molecule has 0 spiro atoms. The highest BCUT2D eigenvalue weighted by atomic mass is 19.2. The van der Waals surface area contributed by atoms with Crippen LogP contribution in [0.25, 0.3) is 10.8 Å². The van der Waals surface area contributed by atoms with Gasteiger partial charge in [0.1, 0.15) is 5.82 Å². The SMILES string of the molecule is C=CCCc1cc2ccc([C@@H]3CC[C@@H]4CC(C)CCC4C3)c(F)c2c(F)c1F. The maximum absolute atomic E-state index is 15.3. The van der Waals surface area contributed by atoms with E-state index in [0.717, 1.165) is 31.1 Å². The average Bonchev–Trinajstić information content (AvgIpc) is 2.69. The van der Waals surface area contributed by atoms with Gasteiger partial charge in [0.05, 0.1) is 5.39 Å². The second-order valence-corrected chi connectivity index (χ2v) is 9.01. The summed E-state index contributed by atoms with van der Waals surface area (Å²) in [5.41, 5.74) is 0.857. The molecular formula is C25H29F3. The lowest BCUT2D eigenvalue weighted by atomic mass is 9.64. The van der Waals surface area contributed by atoms with Crippen LogP contribution in [-0.4, -0.2) is 0 Å². The first-order valence-corrected chi connectivity index (χ1v) is 10.7. The number of benzene rings is 2. The first kappa shape index (κ1) is 19.5. The van der Waals surface area contributed by atoms with Crippen molar-refractivity contribution in [3.8, 4) is 0 Å². The maximum Gasteiger partial charge on any atom is 0.169 e. The summed E-state index contributed by atoms with van der Waals surface area (Å²) < 4.78 is 44.6. The fourth-order valence-electron chi connectivity index (χ4n) is 5.61. The fourth-order valence-corrected chi connectivity index (χ4v) is 5.61. The number of allylic oxidation sites excluding steroid dienone is 1. The normalized spacial score (nSPS) is 27.6. The predicted molar refractivity (Wildman–Crippen MR) is 109 cm³/mol. The zero-order valence-electron chi connectivity index (χ0n) is 16.6. The highest BCUT2D eigenvalue weighted by molar-refractivity contribution is 5.85. The van der Waals surface area contributed by atoms with Gasteiger partial charge >= 0.3 is 0 Å². The molecule has 2 aliphatic carbocycles. The van der Waals surface area contributed by atoms with Crippen molar-refractivity contribution in [1.29, 1.82) is 0 Å². The average molecular weight is 387 g/mol. The third-order valence-electron chi connectivity index (χ3n) is 7.16. The molecule has 2 aromatic rings. The molecule has 0 saturated heterocycles. The lowest BCUT2D eigenvalue weighted by Gasteiger charge is -2.41. The molecule has 150 valence electrons. The Morgan fingerprint density at radius 3 is 2.50 bits per heavy atom. The molecule has 0 aliphatic heterocycles. The number of halogens is 3. The molecular weight excluding hydrogens is 357 g/mol. The number of hydrogen-bond donors (Lipinski definition) is 0. The lowest BCUT2D eigenvalue weighted by Crippen LogP contribution is -2.30. The second kappa shape index (κ2) is 7.93. The van der Waals surface area contributed by atoms with E-state index in [-0.39, 0.29) is 16.9 Å². The Kier molecular flexibility index (Phi) is 5.53. The quantitative estimate of drug-likeness (QED) is 0.472. The molecule has 0 bridgehead atoms. The smallest absolute Gasteiger partial charge is 0.169 e. The van der Waals surface area contributed by atoms with Crippen LogP contribution in [0.1, 0.15) is 68.9 Å². The van der Waals surface area contributed by atoms with Gasteiger partial charge in [0.25, 0.3) is 0 Å². The highest BCUT2D eigenvalue weighted by Crippen LogP contribution is 2.48. The van der Waals surface area contributed by atoms with Crippen LogP contribution in [0.2, 0.25) is 0 Å².